The van der Waals surface area contributed by atoms with Gasteiger partial charge in [0.15, 0.2) is 0 Å². The second-order valence-electron chi connectivity index (χ2n) is 7.68. The molecule has 2 aliphatic carbocycles. The molecule has 4 rings (SSSR count). The molecular formula is C21H27N3O. The third-order valence-corrected chi connectivity index (χ3v) is 6.15. The van der Waals surface area contributed by atoms with Gasteiger partial charge in [-0.2, -0.15) is 5.10 Å². The minimum Gasteiger partial charge on any atom is -0.352 e. The Morgan fingerprint density at radius 3 is 2.68 bits per heavy atom. The minimum atomic E-state index is 0.0902. The van der Waals surface area contributed by atoms with E-state index in [0.29, 0.717) is 24.3 Å². The van der Waals surface area contributed by atoms with Crippen molar-refractivity contribution in [2.45, 2.75) is 57.0 Å². The summed E-state index contributed by atoms with van der Waals surface area (Å²) in [6, 6.07) is 13.0. The summed E-state index contributed by atoms with van der Waals surface area (Å²) in [5.74, 6) is 2.03. The minimum absolute atomic E-state index is 0.0902. The predicted octanol–water partition coefficient (Wildman–Crippen LogP) is 3.92. The van der Waals surface area contributed by atoms with Crippen LogP contribution in [0.3, 0.4) is 0 Å². The summed E-state index contributed by atoms with van der Waals surface area (Å²) in [6.45, 7) is 2.05. The molecule has 0 saturated heterocycles. The van der Waals surface area contributed by atoms with E-state index in [0.717, 1.165) is 5.92 Å². The van der Waals surface area contributed by atoms with Gasteiger partial charge in [0.25, 0.3) is 0 Å². The lowest BCUT2D eigenvalue weighted by Gasteiger charge is -2.55. The molecular weight excluding hydrogens is 310 g/mol. The highest BCUT2D eigenvalue weighted by Gasteiger charge is 2.51. The summed E-state index contributed by atoms with van der Waals surface area (Å²) in [4.78, 5) is 12.7. The molecule has 1 amide bonds. The number of fused-ring (bicyclic) bond motifs is 1. The molecule has 2 saturated carbocycles. The maximum absolute atomic E-state index is 12.7. The lowest BCUT2D eigenvalue weighted by Crippen LogP contribution is -2.59. The van der Waals surface area contributed by atoms with Gasteiger partial charge in [-0.3, -0.25) is 9.48 Å². The molecule has 4 nitrogen and oxygen atoms in total. The van der Waals surface area contributed by atoms with Crippen LogP contribution in [0.5, 0.6) is 0 Å². The molecule has 4 heteroatoms. The molecule has 5 atom stereocenters. The normalized spacial score (nSPS) is 29.3. The Balaban J connectivity index is 1.44. The summed E-state index contributed by atoms with van der Waals surface area (Å²) in [5, 5.41) is 7.62. The van der Waals surface area contributed by atoms with Gasteiger partial charge in [0.1, 0.15) is 0 Å². The van der Waals surface area contributed by atoms with E-state index in [9.17, 15) is 4.79 Å². The van der Waals surface area contributed by atoms with Crippen LogP contribution in [0, 0.1) is 11.8 Å². The number of nitrogens with one attached hydrogen (secondary N) is 1. The molecule has 1 aromatic heterocycles. The van der Waals surface area contributed by atoms with E-state index in [-0.39, 0.29) is 11.9 Å². The summed E-state index contributed by atoms with van der Waals surface area (Å²) in [7, 11) is 0. The van der Waals surface area contributed by atoms with Crippen LogP contribution in [0.1, 0.15) is 56.6 Å². The summed E-state index contributed by atoms with van der Waals surface area (Å²) in [5.41, 5.74) is 1.39. The van der Waals surface area contributed by atoms with Crippen molar-refractivity contribution in [3.05, 3.63) is 54.4 Å². The molecule has 0 bridgehead atoms. The fourth-order valence-corrected chi connectivity index (χ4v) is 4.94. The first-order valence-corrected chi connectivity index (χ1v) is 9.57. The number of aromatic nitrogens is 2. The Kier molecular flexibility index (Phi) is 4.60. The summed E-state index contributed by atoms with van der Waals surface area (Å²) in [6.07, 6.45) is 9.37. The molecule has 1 aromatic carbocycles. The molecule has 25 heavy (non-hydrogen) atoms. The van der Waals surface area contributed by atoms with Crippen LogP contribution < -0.4 is 5.32 Å². The number of amides is 1. The predicted molar refractivity (Wildman–Crippen MR) is 98.1 cm³/mol. The van der Waals surface area contributed by atoms with Crippen LogP contribution in [0.4, 0.5) is 0 Å². The maximum Gasteiger partial charge on any atom is 0.222 e. The van der Waals surface area contributed by atoms with Crippen molar-refractivity contribution in [2.24, 2.45) is 11.8 Å². The standard InChI is InChI=1S/C21H27N3O/c1-15(24-13-7-12-22-24)14-19(25)23-21-18-11-6-5-10-17(18)20(21)16-8-3-2-4-9-16/h2-4,7-9,12-13,15,17-18,20-21H,5-6,10-11,14H2,1H3,(H,23,25)/t15-,17+,18+,20+,21+/m1/s1. The van der Waals surface area contributed by atoms with E-state index < -0.39 is 0 Å². The van der Waals surface area contributed by atoms with Gasteiger partial charge in [0.2, 0.25) is 5.91 Å². The van der Waals surface area contributed by atoms with Gasteiger partial charge in [-0.1, -0.05) is 43.2 Å². The van der Waals surface area contributed by atoms with Crippen molar-refractivity contribution >= 4 is 5.91 Å². The largest absolute Gasteiger partial charge is 0.352 e. The van der Waals surface area contributed by atoms with E-state index in [2.05, 4.69) is 40.7 Å². The molecule has 2 fully saturated rings. The quantitative estimate of drug-likeness (QED) is 0.899. The lowest BCUT2D eigenvalue weighted by molar-refractivity contribution is -0.125. The van der Waals surface area contributed by atoms with Gasteiger partial charge in [0.05, 0.1) is 6.04 Å². The van der Waals surface area contributed by atoms with Crippen molar-refractivity contribution in [1.29, 1.82) is 0 Å². The summed E-state index contributed by atoms with van der Waals surface area (Å²) < 4.78 is 1.86. The molecule has 1 heterocycles. The second-order valence-corrected chi connectivity index (χ2v) is 7.68. The van der Waals surface area contributed by atoms with E-state index in [1.807, 2.05) is 23.9 Å². The lowest BCUT2D eigenvalue weighted by atomic mass is 9.53. The third kappa shape index (κ3) is 3.22. The van der Waals surface area contributed by atoms with Gasteiger partial charge >= 0.3 is 0 Å². The smallest absolute Gasteiger partial charge is 0.222 e. The van der Waals surface area contributed by atoms with Crippen molar-refractivity contribution in [1.82, 2.24) is 15.1 Å². The molecule has 2 aromatic rings. The Bertz CT molecular complexity index is 697. The van der Waals surface area contributed by atoms with E-state index in [1.54, 1.807) is 6.20 Å². The zero-order valence-corrected chi connectivity index (χ0v) is 14.8. The monoisotopic (exact) mass is 337 g/mol. The number of carbonyl (C=O) groups excluding carboxylic acids is 1. The number of benzene rings is 1. The van der Waals surface area contributed by atoms with Crippen LogP contribution >= 0.6 is 0 Å². The first kappa shape index (κ1) is 16.4. The highest BCUT2D eigenvalue weighted by atomic mass is 16.1. The van der Waals surface area contributed by atoms with Crippen molar-refractivity contribution < 1.29 is 4.79 Å². The first-order valence-electron chi connectivity index (χ1n) is 9.57. The molecule has 0 radical (unpaired) electrons. The highest BCUT2D eigenvalue weighted by molar-refractivity contribution is 5.77. The average Bonchev–Trinajstić information content (AvgIpc) is 3.16. The van der Waals surface area contributed by atoms with Gasteiger partial charge in [-0.15, -0.1) is 0 Å². The van der Waals surface area contributed by atoms with Crippen LogP contribution in [-0.4, -0.2) is 21.7 Å². The fourth-order valence-electron chi connectivity index (χ4n) is 4.94. The zero-order chi connectivity index (χ0) is 17.2. The van der Waals surface area contributed by atoms with Crippen molar-refractivity contribution in [3.63, 3.8) is 0 Å². The number of rotatable bonds is 5. The van der Waals surface area contributed by atoms with Crippen LogP contribution in [-0.2, 0) is 4.79 Å². The maximum atomic E-state index is 12.7. The van der Waals surface area contributed by atoms with Gasteiger partial charge < -0.3 is 5.32 Å². The van der Waals surface area contributed by atoms with E-state index >= 15 is 0 Å². The molecule has 132 valence electrons. The molecule has 1 N–H and O–H groups in total. The molecule has 2 aliphatic rings. The van der Waals surface area contributed by atoms with Gasteiger partial charge in [-0.25, -0.2) is 0 Å². The SMILES string of the molecule is C[C@H](CC(=O)N[C@H]1[C@H]2CCCC[C@@H]2[C@@H]1c1ccccc1)n1cccn1. The number of hydrogen-bond donors (Lipinski definition) is 1. The van der Waals surface area contributed by atoms with Crippen LogP contribution in [0.25, 0.3) is 0 Å². The zero-order valence-electron chi connectivity index (χ0n) is 14.8. The van der Waals surface area contributed by atoms with Gasteiger partial charge in [-0.05, 0) is 43.2 Å². The van der Waals surface area contributed by atoms with Gasteiger partial charge in [0, 0.05) is 30.8 Å². The summed E-state index contributed by atoms with van der Waals surface area (Å²) >= 11 is 0. The number of hydrogen-bond acceptors (Lipinski definition) is 2. The van der Waals surface area contributed by atoms with Crippen molar-refractivity contribution in [3.8, 4) is 0 Å². The van der Waals surface area contributed by atoms with E-state index in [1.165, 1.54) is 31.2 Å². The Morgan fingerprint density at radius 1 is 1.20 bits per heavy atom. The average molecular weight is 337 g/mol. The number of nitrogens with zero attached hydrogens (tertiary/aromatic N) is 2. The topological polar surface area (TPSA) is 46.9 Å². The number of carbonyl (C=O) groups is 1. The van der Waals surface area contributed by atoms with Crippen LogP contribution in [0.2, 0.25) is 0 Å². The first-order chi connectivity index (χ1) is 12.2. The van der Waals surface area contributed by atoms with Crippen LogP contribution in [0.15, 0.2) is 48.8 Å². The highest BCUT2D eigenvalue weighted by Crippen LogP contribution is 2.54. The van der Waals surface area contributed by atoms with E-state index in [4.69, 9.17) is 0 Å². The molecule has 0 aliphatic heterocycles. The second kappa shape index (κ2) is 7.03. The Labute approximate surface area is 149 Å². The Morgan fingerprint density at radius 2 is 1.96 bits per heavy atom. The molecule has 0 unspecified atom stereocenters. The fraction of sp³-hybridized carbons (Fsp3) is 0.524. The Hall–Kier alpha value is -2.10. The van der Waals surface area contributed by atoms with Crippen molar-refractivity contribution in [2.75, 3.05) is 0 Å². The molecule has 0 spiro atoms. The third-order valence-electron chi connectivity index (χ3n) is 6.15.